The molecule has 188 valence electrons. The zero-order valence-electron chi connectivity index (χ0n) is 20.7. The van der Waals surface area contributed by atoms with Gasteiger partial charge in [-0.2, -0.15) is 5.10 Å². The van der Waals surface area contributed by atoms with E-state index in [0.29, 0.717) is 38.1 Å². The van der Waals surface area contributed by atoms with Gasteiger partial charge in [0.1, 0.15) is 0 Å². The van der Waals surface area contributed by atoms with Crippen molar-refractivity contribution in [2.75, 3.05) is 26.3 Å². The summed E-state index contributed by atoms with van der Waals surface area (Å²) in [6.07, 6.45) is 3.90. The minimum Gasteiger partial charge on any atom is -0.435 e. The summed E-state index contributed by atoms with van der Waals surface area (Å²) in [6, 6.07) is 16.1. The average molecular weight is 482 g/mol. The number of nitrogens with zero attached hydrogens (tertiary/aromatic N) is 3. The van der Waals surface area contributed by atoms with E-state index in [4.69, 9.17) is 14.6 Å². The minimum atomic E-state index is -0.578. The molecule has 0 aliphatic heterocycles. The van der Waals surface area contributed by atoms with Gasteiger partial charge in [-0.15, -0.1) is 0 Å². The Morgan fingerprint density at radius 3 is 2.60 bits per heavy atom. The molecule has 0 bridgehead atoms. The number of aryl methyl sites for hydroxylation is 1. The Labute approximate surface area is 207 Å². The second-order valence-corrected chi connectivity index (χ2v) is 9.37. The molecule has 0 spiro atoms. The lowest BCUT2D eigenvalue weighted by atomic mass is 10.2. The molecule has 35 heavy (non-hydrogen) atoms. The van der Waals surface area contributed by atoms with Gasteiger partial charge < -0.3 is 14.6 Å². The normalized spacial score (nSPS) is 14.4. The number of unbranched alkanes of at least 4 members (excludes halogenated alkanes) is 1. The molecule has 2 aromatic carbocycles. The summed E-state index contributed by atoms with van der Waals surface area (Å²) in [5, 5.41) is 15.4. The molecule has 1 saturated carbocycles. The van der Waals surface area contributed by atoms with Crippen LogP contribution in [0, 0.1) is 18.7 Å². The van der Waals surface area contributed by atoms with Crippen LogP contribution in [0.15, 0.2) is 54.6 Å². The molecule has 7 heteroatoms. The van der Waals surface area contributed by atoms with Crippen molar-refractivity contribution in [1.29, 1.82) is 0 Å². The quantitative estimate of drug-likeness (QED) is 0.308. The second-order valence-electron chi connectivity index (χ2n) is 9.37. The smallest absolute Gasteiger partial charge is 0.227 e. The highest BCUT2D eigenvalue weighted by molar-refractivity contribution is 5.43. The van der Waals surface area contributed by atoms with Crippen molar-refractivity contribution in [2.24, 2.45) is 5.92 Å². The Hall–Kier alpha value is -2.74. The number of ether oxygens (including phenoxy) is 2. The molecule has 1 fully saturated rings. The zero-order chi connectivity index (χ0) is 24.6. The molecule has 1 aliphatic carbocycles. The van der Waals surface area contributed by atoms with E-state index in [0.717, 1.165) is 36.3 Å². The van der Waals surface area contributed by atoms with Crippen LogP contribution in [0.1, 0.15) is 43.9 Å². The van der Waals surface area contributed by atoms with Gasteiger partial charge in [0.15, 0.2) is 11.6 Å². The maximum Gasteiger partial charge on any atom is 0.227 e. The topological polar surface area (TPSA) is 59.8 Å². The summed E-state index contributed by atoms with van der Waals surface area (Å²) in [7, 11) is 0. The van der Waals surface area contributed by atoms with Crippen LogP contribution >= 0.6 is 0 Å². The molecule has 1 heterocycles. The Balaban J connectivity index is 1.59. The molecule has 1 N–H and O–H groups in total. The number of hydrogen-bond donors (Lipinski definition) is 1. The number of benzene rings is 2. The fourth-order valence-corrected chi connectivity index (χ4v) is 4.11. The molecular weight excluding hydrogens is 445 g/mol. The number of halogens is 1. The molecule has 1 unspecified atom stereocenters. The van der Waals surface area contributed by atoms with Crippen molar-refractivity contribution >= 4 is 0 Å². The van der Waals surface area contributed by atoms with E-state index in [1.165, 1.54) is 18.9 Å². The lowest BCUT2D eigenvalue weighted by Gasteiger charge is -2.25. The van der Waals surface area contributed by atoms with Crippen molar-refractivity contribution in [3.63, 3.8) is 0 Å². The van der Waals surface area contributed by atoms with E-state index in [2.05, 4.69) is 11.8 Å². The van der Waals surface area contributed by atoms with Crippen LogP contribution in [-0.4, -0.2) is 52.2 Å². The van der Waals surface area contributed by atoms with Crippen molar-refractivity contribution in [3.05, 3.63) is 71.7 Å². The van der Waals surface area contributed by atoms with E-state index < -0.39 is 11.9 Å². The van der Waals surface area contributed by atoms with Crippen molar-refractivity contribution in [3.8, 4) is 17.3 Å². The molecule has 0 radical (unpaired) electrons. The number of aromatic nitrogens is 2. The van der Waals surface area contributed by atoms with Crippen LogP contribution in [-0.2, 0) is 11.3 Å². The van der Waals surface area contributed by atoms with E-state index in [1.54, 1.807) is 22.9 Å². The standard InChI is InChI=1S/C28H36FN3O3/c1-3-4-16-34-20-24(33)18-31(17-22-14-15-22)19-25-21(2)30-32(23-10-6-5-7-11-23)28(25)35-27-13-9-8-12-26(27)29/h5-13,22,24,33H,3-4,14-20H2,1-2H3. The first-order valence-corrected chi connectivity index (χ1v) is 12.6. The fraction of sp³-hybridized carbons (Fsp3) is 0.464. The van der Waals surface area contributed by atoms with Crippen LogP contribution in [0.25, 0.3) is 5.69 Å². The van der Waals surface area contributed by atoms with Gasteiger partial charge in [-0.25, -0.2) is 9.07 Å². The molecule has 6 nitrogen and oxygen atoms in total. The molecular formula is C28H36FN3O3. The van der Waals surface area contributed by atoms with Crippen LogP contribution < -0.4 is 4.74 Å². The van der Waals surface area contributed by atoms with Gasteiger partial charge in [0.25, 0.3) is 0 Å². The maximum absolute atomic E-state index is 14.5. The first kappa shape index (κ1) is 25.4. The molecule has 1 atom stereocenters. The summed E-state index contributed by atoms with van der Waals surface area (Å²) < 4.78 is 28.1. The highest BCUT2D eigenvalue weighted by Crippen LogP contribution is 2.34. The van der Waals surface area contributed by atoms with Gasteiger partial charge >= 0.3 is 0 Å². The Kier molecular flexibility index (Phi) is 8.90. The molecule has 0 amide bonds. The van der Waals surface area contributed by atoms with E-state index in [1.807, 2.05) is 37.3 Å². The number of para-hydroxylation sites is 2. The SMILES string of the molecule is CCCCOCC(O)CN(Cc1c(C)nn(-c2ccccc2)c1Oc1ccccc1F)CC1CC1. The van der Waals surface area contributed by atoms with Crippen LogP contribution in [0.3, 0.4) is 0 Å². The van der Waals surface area contributed by atoms with E-state index >= 15 is 0 Å². The highest BCUT2D eigenvalue weighted by atomic mass is 19.1. The Morgan fingerprint density at radius 1 is 1.14 bits per heavy atom. The maximum atomic E-state index is 14.5. The molecule has 3 aromatic rings. The lowest BCUT2D eigenvalue weighted by Crippen LogP contribution is -2.36. The van der Waals surface area contributed by atoms with Crippen molar-refractivity contribution in [2.45, 2.75) is 52.2 Å². The summed E-state index contributed by atoms with van der Waals surface area (Å²) in [5.74, 6) is 0.868. The highest BCUT2D eigenvalue weighted by Gasteiger charge is 2.28. The van der Waals surface area contributed by atoms with Gasteiger partial charge in [-0.3, -0.25) is 4.90 Å². The number of aliphatic hydroxyl groups is 1. The number of hydrogen-bond acceptors (Lipinski definition) is 5. The largest absolute Gasteiger partial charge is 0.435 e. The van der Waals surface area contributed by atoms with Gasteiger partial charge in [0.05, 0.1) is 29.7 Å². The van der Waals surface area contributed by atoms with Crippen molar-refractivity contribution < 1.29 is 19.0 Å². The van der Waals surface area contributed by atoms with Crippen LogP contribution in [0.5, 0.6) is 11.6 Å². The predicted octanol–water partition coefficient (Wildman–Crippen LogP) is 5.50. The zero-order valence-corrected chi connectivity index (χ0v) is 20.7. The van der Waals surface area contributed by atoms with Gasteiger partial charge in [0, 0.05) is 26.2 Å². The summed E-state index contributed by atoms with van der Waals surface area (Å²) >= 11 is 0. The minimum absolute atomic E-state index is 0.156. The third kappa shape index (κ3) is 7.13. The Bertz CT molecular complexity index is 1070. The predicted molar refractivity (Wildman–Crippen MR) is 135 cm³/mol. The third-order valence-electron chi connectivity index (χ3n) is 6.20. The summed E-state index contributed by atoms with van der Waals surface area (Å²) in [4.78, 5) is 2.25. The summed E-state index contributed by atoms with van der Waals surface area (Å²) in [5.41, 5.74) is 2.54. The van der Waals surface area contributed by atoms with Gasteiger partial charge in [-0.1, -0.05) is 43.7 Å². The molecule has 4 rings (SSSR count). The molecule has 1 aromatic heterocycles. The van der Waals surface area contributed by atoms with E-state index in [9.17, 15) is 9.50 Å². The summed E-state index contributed by atoms with van der Waals surface area (Å²) in [6.45, 7) is 6.99. The number of rotatable bonds is 14. The van der Waals surface area contributed by atoms with Gasteiger partial charge in [0.2, 0.25) is 5.88 Å². The second kappa shape index (κ2) is 12.3. The van der Waals surface area contributed by atoms with E-state index in [-0.39, 0.29) is 5.75 Å². The van der Waals surface area contributed by atoms with Gasteiger partial charge in [-0.05, 0) is 56.4 Å². The molecule has 1 aliphatic rings. The lowest BCUT2D eigenvalue weighted by molar-refractivity contribution is 0.0134. The first-order valence-electron chi connectivity index (χ1n) is 12.6. The fourth-order valence-electron chi connectivity index (χ4n) is 4.11. The van der Waals surface area contributed by atoms with Crippen LogP contribution in [0.4, 0.5) is 4.39 Å². The van der Waals surface area contributed by atoms with Crippen LogP contribution in [0.2, 0.25) is 0 Å². The average Bonchev–Trinajstić information content (AvgIpc) is 3.62. The first-order chi connectivity index (χ1) is 17.0. The number of aliphatic hydroxyl groups excluding tert-OH is 1. The monoisotopic (exact) mass is 481 g/mol. The Morgan fingerprint density at radius 2 is 1.89 bits per heavy atom. The van der Waals surface area contributed by atoms with Crippen molar-refractivity contribution in [1.82, 2.24) is 14.7 Å². The molecule has 0 saturated heterocycles. The third-order valence-corrected chi connectivity index (χ3v) is 6.20.